The van der Waals surface area contributed by atoms with Crippen LogP contribution in [0.2, 0.25) is 0 Å². The van der Waals surface area contributed by atoms with E-state index in [1.807, 2.05) is 0 Å². The summed E-state index contributed by atoms with van der Waals surface area (Å²) in [5, 5.41) is 9.45. The molecule has 12 heavy (non-hydrogen) atoms. The van der Waals surface area contributed by atoms with E-state index in [2.05, 4.69) is 0 Å². The Labute approximate surface area is 69.2 Å². The van der Waals surface area contributed by atoms with Gasteiger partial charge in [0.1, 0.15) is 12.2 Å². The lowest BCUT2D eigenvalue weighted by atomic mass is 10.1. The molecular formula is C7H10O5. The van der Waals surface area contributed by atoms with Crippen LogP contribution in [-0.2, 0) is 19.0 Å². The summed E-state index contributed by atoms with van der Waals surface area (Å²) in [6.07, 6.45) is -2.18. The normalized spacial score (nSPS) is 46.0. The van der Waals surface area contributed by atoms with Gasteiger partial charge in [0.2, 0.25) is 0 Å². The van der Waals surface area contributed by atoms with Crippen LogP contribution in [0.1, 0.15) is 6.42 Å². The monoisotopic (exact) mass is 174 g/mol. The average molecular weight is 174 g/mol. The minimum atomic E-state index is -0.855. The van der Waals surface area contributed by atoms with Crippen LogP contribution < -0.4 is 0 Å². The molecule has 2 aliphatic heterocycles. The summed E-state index contributed by atoms with van der Waals surface area (Å²) in [6, 6.07) is 0. The maximum Gasteiger partial charge on any atom is 0.309 e. The topological polar surface area (TPSA) is 65.0 Å². The molecule has 0 spiro atoms. The molecule has 0 saturated carbocycles. The fourth-order valence-electron chi connectivity index (χ4n) is 1.57. The van der Waals surface area contributed by atoms with Gasteiger partial charge >= 0.3 is 5.97 Å². The second-order valence-electron chi connectivity index (χ2n) is 2.93. The van der Waals surface area contributed by atoms with Gasteiger partial charge in [0.25, 0.3) is 0 Å². The number of esters is 1. The van der Waals surface area contributed by atoms with E-state index in [0.29, 0.717) is 0 Å². The zero-order valence-corrected chi connectivity index (χ0v) is 6.60. The molecule has 2 saturated heterocycles. The first-order valence-corrected chi connectivity index (χ1v) is 3.78. The first-order chi connectivity index (χ1) is 5.72. The van der Waals surface area contributed by atoms with Crippen LogP contribution in [0.5, 0.6) is 0 Å². The Balaban J connectivity index is 2.08. The molecule has 5 heteroatoms. The lowest BCUT2D eigenvalue weighted by molar-refractivity contribution is -0.164. The van der Waals surface area contributed by atoms with E-state index in [4.69, 9.17) is 14.2 Å². The third-order valence-electron chi connectivity index (χ3n) is 2.16. The van der Waals surface area contributed by atoms with Crippen molar-refractivity contribution in [2.45, 2.75) is 31.0 Å². The summed E-state index contributed by atoms with van der Waals surface area (Å²) in [5.74, 6) is -0.321. The molecule has 1 N–H and O–H groups in total. The molecule has 0 unspecified atom stereocenters. The van der Waals surface area contributed by atoms with Crippen LogP contribution >= 0.6 is 0 Å². The molecule has 2 rings (SSSR count). The van der Waals surface area contributed by atoms with Gasteiger partial charge in [-0.25, -0.2) is 0 Å². The van der Waals surface area contributed by atoms with Crippen molar-refractivity contribution in [1.29, 1.82) is 0 Å². The highest BCUT2D eigenvalue weighted by atomic mass is 16.7. The van der Waals surface area contributed by atoms with Gasteiger partial charge in [-0.15, -0.1) is 0 Å². The van der Waals surface area contributed by atoms with Crippen LogP contribution in [0, 0.1) is 0 Å². The maximum atomic E-state index is 10.7. The number of carbonyl (C=O) groups excluding carboxylic acids is 1. The first-order valence-electron chi connectivity index (χ1n) is 3.78. The number of rotatable bonds is 1. The van der Waals surface area contributed by atoms with E-state index >= 15 is 0 Å². The number of hydrogen-bond donors (Lipinski definition) is 1. The van der Waals surface area contributed by atoms with Crippen molar-refractivity contribution < 1.29 is 24.1 Å². The smallest absolute Gasteiger partial charge is 0.309 e. The largest absolute Gasteiger partial charge is 0.456 e. The molecule has 2 heterocycles. The van der Waals surface area contributed by atoms with Crippen molar-refractivity contribution in [3.05, 3.63) is 0 Å². The molecule has 4 atom stereocenters. The maximum absolute atomic E-state index is 10.7. The van der Waals surface area contributed by atoms with Crippen molar-refractivity contribution >= 4 is 5.97 Å². The SMILES string of the molecule is CO[C@H]1O[C@@H]2CC(=O)O[C@@H]2[C@H]1O. The average Bonchev–Trinajstić information content (AvgIpc) is 2.51. The van der Waals surface area contributed by atoms with E-state index in [0.717, 1.165) is 0 Å². The molecule has 2 aliphatic rings. The molecule has 0 aromatic rings. The lowest BCUT2D eigenvalue weighted by Gasteiger charge is -2.14. The van der Waals surface area contributed by atoms with E-state index in [9.17, 15) is 9.90 Å². The van der Waals surface area contributed by atoms with Crippen molar-refractivity contribution in [3.63, 3.8) is 0 Å². The van der Waals surface area contributed by atoms with Crippen molar-refractivity contribution in [2.24, 2.45) is 0 Å². The summed E-state index contributed by atoms with van der Waals surface area (Å²) in [6.45, 7) is 0. The Bertz CT molecular complexity index is 204. The number of carbonyl (C=O) groups is 1. The summed E-state index contributed by atoms with van der Waals surface area (Å²) in [5.41, 5.74) is 0. The molecule has 0 aromatic heterocycles. The fourth-order valence-corrected chi connectivity index (χ4v) is 1.57. The fraction of sp³-hybridized carbons (Fsp3) is 0.857. The molecular weight excluding hydrogens is 164 g/mol. The van der Waals surface area contributed by atoms with Gasteiger partial charge in [0.15, 0.2) is 12.4 Å². The van der Waals surface area contributed by atoms with Gasteiger partial charge in [0, 0.05) is 7.11 Å². The summed E-state index contributed by atoms with van der Waals surface area (Å²) in [7, 11) is 1.44. The highest BCUT2D eigenvalue weighted by Crippen LogP contribution is 2.31. The zero-order chi connectivity index (χ0) is 8.72. The molecule has 0 radical (unpaired) electrons. The molecule has 0 amide bonds. The molecule has 0 bridgehead atoms. The van der Waals surface area contributed by atoms with E-state index in [-0.39, 0.29) is 18.5 Å². The van der Waals surface area contributed by atoms with E-state index < -0.39 is 18.5 Å². The van der Waals surface area contributed by atoms with Gasteiger partial charge in [-0.1, -0.05) is 0 Å². The standard InChI is InChI=1S/C7H10O5/c1-10-7-5(9)6-3(11-7)2-4(8)12-6/h3,5-7,9H,2H2,1H3/t3-,5-,6+,7+/m1/s1. The summed E-state index contributed by atoms with van der Waals surface area (Å²) >= 11 is 0. The molecule has 68 valence electrons. The zero-order valence-electron chi connectivity index (χ0n) is 6.60. The predicted octanol–water partition coefficient (Wildman–Crippen LogP) is -0.966. The minimum Gasteiger partial charge on any atom is -0.456 e. The van der Waals surface area contributed by atoms with Crippen LogP contribution in [0.15, 0.2) is 0 Å². The molecule has 0 aromatic carbocycles. The number of aliphatic hydroxyl groups excluding tert-OH is 1. The number of ether oxygens (including phenoxy) is 3. The van der Waals surface area contributed by atoms with Crippen molar-refractivity contribution in [3.8, 4) is 0 Å². The second-order valence-corrected chi connectivity index (χ2v) is 2.93. The van der Waals surface area contributed by atoms with Crippen LogP contribution in [-0.4, -0.2) is 42.8 Å². The summed E-state index contributed by atoms with van der Waals surface area (Å²) < 4.78 is 14.9. The van der Waals surface area contributed by atoms with Crippen LogP contribution in [0.3, 0.4) is 0 Å². The van der Waals surface area contributed by atoms with Gasteiger partial charge < -0.3 is 19.3 Å². The molecule has 5 nitrogen and oxygen atoms in total. The Morgan fingerprint density at radius 2 is 2.42 bits per heavy atom. The first kappa shape index (κ1) is 7.97. The molecule has 2 fully saturated rings. The Kier molecular flexibility index (Phi) is 1.79. The third-order valence-corrected chi connectivity index (χ3v) is 2.16. The highest BCUT2D eigenvalue weighted by Gasteiger charge is 2.51. The summed E-state index contributed by atoms with van der Waals surface area (Å²) in [4.78, 5) is 10.7. The number of aliphatic hydroxyl groups is 1. The van der Waals surface area contributed by atoms with Gasteiger partial charge in [-0.05, 0) is 0 Å². The quantitative estimate of drug-likeness (QED) is 0.518. The predicted molar refractivity (Wildman–Crippen MR) is 36.2 cm³/mol. The third kappa shape index (κ3) is 1.01. The van der Waals surface area contributed by atoms with Crippen molar-refractivity contribution in [1.82, 2.24) is 0 Å². The number of hydrogen-bond acceptors (Lipinski definition) is 5. The van der Waals surface area contributed by atoms with E-state index in [1.54, 1.807) is 0 Å². The van der Waals surface area contributed by atoms with E-state index in [1.165, 1.54) is 7.11 Å². The van der Waals surface area contributed by atoms with Crippen LogP contribution in [0.4, 0.5) is 0 Å². The van der Waals surface area contributed by atoms with Gasteiger partial charge in [-0.3, -0.25) is 4.79 Å². The number of methoxy groups -OCH3 is 1. The second kappa shape index (κ2) is 2.69. The Hall–Kier alpha value is -0.650. The van der Waals surface area contributed by atoms with Gasteiger partial charge in [-0.2, -0.15) is 0 Å². The Morgan fingerprint density at radius 1 is 1.67 bits per heavy atom. The van der Waals surface area contributed by atoms with Gasteiger partial charge in [0.05, 0.1) is 6.42 Å². The lowest BCUT2D eigenvalue weighted by Crippen LogP contribution is -2.32. The number of fused-ring (bicyclic) bond motifs is 1. The molecule has 0 aliphatic carbocycles. The Morgan fingerprint density at radius 3 is 3.00 bits per heavy atom. The highest BCUT2D eigenvalue weighted by molar-refractivity contribution is 5.72. The van der Waals surface area contributed by atoms with Crippen molar-refractivity contribution in [2.75, 3.05) is 7.11 Å². The van der Waals surface area contributed by atoms with Crippen LogP contribution in [0.25, 0.3) is 0 Å². The minimum absolute atomic E-state index is 0.210.